The van der Waals surface area contributed by atoms with E-state index in [1.165, 1.54) is 69.9 Å². The summed E-state index contributed by atoms with van der Waals surface area (Å²) in [5.41, 5.74) is 18.4. The second kappa shape index (κ2) is 35.3. The maximum atomic E-state index is 14.3. The number of aromatic hydroxyl groups is 3. The van der Waals surface area contributed by atoms with Crippen molar-refractivity contribution in [1.82, 2.24) is 28.6 Å². The van der Waals surface area contributed by atoms with Crippen molar-refractivity contribution in [2.24, 2.45) is 0 Å². The number of fused-ring (bicyclic) bond motifs is 13. The largest absolute Gasteiger partial charge is 0.504 e. The van der Waals surface area contributed by atoms with Gasteiger partial charge in [0.2, 0.25) is 0 Å². The van der Waals surface area contributed by atoms with Crippen molar-refractivity contribution >= 4 is 34.7 Å². The number of rotatable bonds is 19. The Morgan fingerprint density at radius 1 is 0.418 bits per heavy atom. The molecule has 0 aliphatic carbocycles. The van der Waals surface area contributed by atoms with Gasteiger partial charge in [-0.15, -0.1) is 0 Å². The van der Waals surface area contributed by atoms with Crippen LogP contribution in [0.3, 0.4) is 0 Å². The van der Waals surface area contributed by atoms with E-state index >= 15 is 0 Å². The van der Waals surface area contributed by atoms with Crippen LogP contribution in [0.4, 0.5) is 17.6 Å². The van der Waals surface area contributed by atoms with Crippen molar-refractivity contribution in [1.29, 1.82) is 0 Å². The number of aliphatic hydroxyl groups is 1. The number of hydrogen-bond acceptors (Lipinski definition) is 15. The quantitative estimate of drug-likeness (QED) is 0.0293. The smallest absolute Gasteiger partial charge is 0.340 e. The van der Waals surface area contributed by atoms with Crippen LogP contribution in [-0.2, 0) is 67.8 Å². The third-order valence-corrected chi connectivity index (χ3v) is 22.3. The Balaban J connectivity index is 0.000000128. The second-order valence-electron chi connectivity index (χ2n) is 29.4. The van der Waals surface area contributed by atoms with Crippen LogP contribution in [0.1, 0.15) is 83.1 Å². The number of aromatic nitrogens is 5. The van der Waals surface area contributed by atoms with E-state index in [9.17, 15) is 62.3 Å². The number of carbonyl (C=O) groups is 4. The van der Waals surface area contributed by atoms with Crippen molar-refractivity contribution < 1.29 is 95.4 Å². The number of amides is 1. The van der Waals surface area contributed by atoms with Crippen molar-refractivity contribution in [3.05, 3.63) is 274 Å². The van der Waals surface area contributed by atoms with E-state index in [0.717, 1.165) is 84.5 Å². The number of aliphatic hydroxyl groups excluding tert-OH is 1. The summed E-state index contributed by atoms with van der Waals surface area (Å²) in [6, 6.07) is 53.0. The number of hydrogen-bond donors (Lipinski definition) is 7. The van der Waals surface area contributed by atoms with Gasteiger partial charge in [0.15, 0.2) is 46.0 Å². The molecule has 7 N–H and O–H groups in total. The molecular formula is C96H86F4N6O16. The standard InChI is InChI=1S/C31H28FN3O4.C23H22FNO4.C22H20FNO4.C20H16FNO4/c1-39-29-13-18-9-10-35-27(24(18)15-28(29)37)14-25(30(35)19-5-4-6-21(32)11-19)31(38)34-22(17-36)12-20-16-33-26-8-3-2-7-23(20)26;1-4-29-23(26)18-12-19-17-13-21(28-3)20(27-2)11-14(17)8-9-25(19)22(18)15-6-5-7-16(24)10-15;1-3-28-22(26)17-11-18-16-12-19(25)20(27-2)10-13(16)7-8-24(18)21(17)14-5-4-6-15(23)9-14;1-26-18-8-11-5-6-22-16(14(11)10-17(18)23)9-15(20(24)25)19(22)12-3-2-4-13(21)7-12/h2-8,11,13-16,22,33,36-37H,9-10,12,17H2,1H3,(H,34,38);5-7,10-13H,4,8-9H2,1-3H3;4-6,9-12,25H,3,7-8H2,1-2H3;2-4,7-10,23H,5-6H2,1H3,(H,24,25)/t22-;;;/m1.../s1. The SMILES string of the molecule is CCOC(=O)c1cc2n(c1-c1cccc(F)c1)CCc1cc(OC)c(O)cc1-2.CCOC(=O)c1cc2n(c1-c1cccc(F)c1)CCc1cc(OC)c(OC)cc1-2.COc1cc2c(cc1O)-c1cc(C(=O)N[C@@H](CO)Cc3c[nH]c4ccccc34)c(-c3cccc(F)c3)n1CC2.COc1cc2c(cc1O)-c1cc(C(=O)O)c(-c3cccc(F)c3)n1CC2. The minimum absolute atomic E-state index is 0.00304. The van der Waals surface area contributed by atoms with Crippen molar-refractivity contribution in [3.8, 4) is 136 Å². The zero-order valence-electron chi connectivity index (χ0n) is 67.6. The van der Waals surface area contributed by atoms with Crippen LogP contribution in [0.15, 0.2) is 200 Å². The Bertz CT molecular complexity index is 6410. The van der Waals surface area contributed by atoms with Crippen LogP contribution in [0.25, 0.3) is 101 Å². The lowest BCUT2D eigenvalue weighted by Crippen LogP contribution is -2.39. The summed E-state index contributed by atoms with van der Waals surface area (Å²) in [6.07, 6.45) is 5.07. The number of ether oxygens (including phenoxy) is 7. The number of aromatic amines is 1. The number of carbonyl (C=O) groups excluding carboxylic acids is 3. The average Bonchev–Trinajstić information content (AvgIpc) is 1.61. The Hall–Kier alpha value is -14.4. The number of phenolic OH excluding ortho intramolecular Hbond substituents is 3. The van der Waals surface area contributed by atoms with Crippen molar-refractivity contribution in [2.75, 3.05) is 55.4 Å². The normalized spacial score (nSPS) is 12.5. The summed E-state index contributed by atoms with van der Waals surface area (Å²) in [5.74, 6) is -1.38. The minimum atomic E-state index is -1.08. The van der Waals surface area contributed by atoms with Crippen LogP contribution in [0.2, 0.25) is 0 Å². The van der Waals surface area contributed by atoms with Gasteiger partial charge in [0.25, 0.3) is 5.91 Å². The van der Waals surface area contributed by atoms with Gasteiger partial charge < -0.3 is 87.3 Å². The number of methoxy groups -OCH3 is 5. The van der Waals surface area contributed by atoms with Crippen molar-refractivity contribution in [3.63, 3.8) is 0 Å². The zero-order chi connectivity index (χ0) is 85.9. The Labute approximate surface area is 698 Å². The first kappa shape index (κ1) is 82.7. The molecule has 9 heterocycles. The lowest BCUT2D eigenvalue weighted by molar-refractivity contribution is 0.0517. The molecule has 0 saturated carbocycles. The average molecular weight is 1660 g/mol. The molecule has 0 spiro atoms. The molecule has 9 aromatic carbocycles. The van der Waals surface area contributed by atoms with Crippen LogP contribution < -0.4 is 29.0 Å². The number of nitrogens with one attached hydrogen (secondary N) is 2. The zero-order valence-corrected chi connectivity index (χ0v) is 67.6. The molecule has 0 radical (unpaired) electrons. The fourth-order valence-corrected chi connectivity index (χ4v) is 16.8. The van der Waals surface area contributed by atoms with Crippen LogP contribution in [-0.4, -0.2) is 134 Å². The number of phenols is 3. The number of carboxylic acids is 1. The van der Waals surface area contributed by atoms with Gasteiger partial charge in [-0.2, -0.15) is 0 Å². The predicted octanol–water partition coefficient (Wildman–Crippen LogP) is 18.1. The molecule has 22 nitrogen and oxygen atoms in total. The van der Waals surface area contributed by atoms with Gasteiger partial charge in [-0.05, 0) is 201 Å². The van der Waals surface area contributed by atoms with E-state index in [1.54, 1.807) is 119 Å². The Morgan fingerprint density at radius 2 is 0.754 bits per heavy atom. The highest BCUT2D eigenvalue weighted by Gasteiger charge is 2.34. The molecule has 0 saturated heterocycles. The highest BCUT2D eigenvalue weighted by atomic mass is 19.1. The number of H-pyrrole nitrogens is 1. The monoisotopic (exact) mass is 1650 g/mol. The lowest BCUT2D eigenvalue weighted by atomic mass is 9.97. The number of para-hydroxylation sites is 1. The van der Waals surface area contributed by atoms with Gasteiger partial charge in [0, 0.05) is 111 Å². The highest BCUT2D eigenvalue weighted by molar-refractivity contribution is 6.04. The second-order valence-corrected chi connectivity index (χ2v) is 29.4. The van der Waals surface area contributed by atoms with Crippen LogP contribution in [0, 0.1) is 23.3 Å². The molecule has 1 atom stereocenters. The molecule has 0 unspecified atom stereocenters. The van der Waals surface area contributed by atoms with Gasteiger partial charge in [-0.25, -0.2) is 31.9 Å². The number of benzene rings is 9. The van der Waals surface area contributed by atoms with Crippen LogP contribution >= 0.6 is 0 Å². The number of halogens is 4. The van der Waals surface area contributed by atoms with E-state index in [0.29, 0.717) is 148 Å². The molecule has 122 heavy (non-hydrogen) atoms. The molecule has 14 aromatic rings. The summed E-state index contributed by atoms with van der Waals surface area (Å²) >= 11 is 0. The topological polar surface area (TPSA) is 282 Å². The summed E-state index contributed by atoms with van der Waals surface area (Å²) in [6.45, 7) is 6.16. The molecule has 4 aliphatic heterocycles. The van der Waals surface area contributed by atoms with Gasteiger partial charge in [0.05, 0.1) is 106 Å². The minimum Gasteiger partial charge on any atom is -0.504 e. The van der Waals surface area contributed by atoms with Gasteiger partial charge in [0.1, 0.15) is 23.3 Å². The van der Waals surface area contributed by atoms with E-state index in [1.807, 2.05) is 74.5 Å². The van der Waals surface area contributed by atoms with Gasteiger partial charge in [-0.1, -0.05) is 66.7 Å². The number of carboxylic acid groups (broad SMARTS) is 1. The summed E-state index contributed by atoms with van der Waals surface area (Å²) < 4.78 is 101. The third kappa shape index (κ3) is 16.1. The first-order valence-electron chi connectivity index (χ1n) is 39.5. The van der Waals surface area contributed by atoms with Gasteiger partial charge in [-0.3, -0.25) is 4.79 Å². The van der Waals surface area contributed by atoms with Gasteiger partial charge >= 0.3 is 17.9 Å². The molecule has 5 aromatic heterocycles. The Morgan fingerprint density at radius 3 is 1.11 bits per heavy atom. The molecule has 1 amide bonds. The maximum Gasteiger partial charge on any atom is 0.340 e. The van der Waals surface area contributed by atoms with Crippen LogP contribution in [0.5, 0.6) is 46.0 Å². The number of aryl methyl sites for hydroxylation is 4. The fourth-order valence-electron chi connectivity index (χ4n) is 16.8. The molecule has 0 fully saturated rings. The molecule has 0 bridgehead atoms. The van der Waals surface area contributed by atoms with E-state index in [2.05, 4.69) is 14.9 Å². The van der Waals surface area contributed by atoms with Crippen molar-refractivity contribution in [2.45, 2.75) is 78.2 Å². The highest BCUT2D eigenvalue weighted by Crippen LogP contribution is 2.48. The Kier molecular flexibility index (Phi) is 23.9. The summed E-state index contributed by atoms with van der Waals surface area (Å²) in [4.78, 5) is 54.1. The molecular weight excluding hydrogens is 1570 g/mol. The lowest BCUT2D eigenvalue weighted by Gasteiger charge is -2.23. The van der Waals surface area contributed by atoms with E-state index < -0.39 is 35.6 Å². The molecule has 18 rings (SSSR count). The predicted molar refractivity (Wildman–Crippen MR) is 453 cm³/mol. The molecule has 26 heteroatoms. The van der Waals surface area contributed by atoms with E-state index in [4.69, 9.17) is 33.2 Å². The maximum absolute atomic E-state index is 14.3. The summed E-state index contributed by atoms with van der Waals surface area (Å²) in [5, 5.41) is 54.7. The number of aromatic carboxylic acids is 1. The van der Waals surface area contributed by atoms with E-state index in [-0.39, 0.29) is 60.2 Å². The third-order valence-electron chi connectivity index (χ3n) is 22.3. The first-order valence-corrected chi connectivity index (χ1v) is 39.5. The molecule has 624 valence electrons. The summed E-state index contributed by atoms with van der Waals surface area (Å²) in [7, 11) is 7.70. The fraction of sp³-hybridized carbons (Fsp3) is 0.208. The molecule has 4 aliphatic rings. The number of esters is 2. The first-order chi connectivity index (χ1) is 59.0. The number of nitrogens with zero attached hydrogens (tertiary/aromatic N) is 4.